The van der Waals surface area contributed by atoms with Crippen molar-refractivity contribution in [2.45, 2.75) is 38.3 Å². The van der Waals surface area contributed by atoms with Crippen LogP contribution in [0.25, 0.3) is 33.4 Å². The molecule has 1 aromatic carbocycles. The lowest BCUT2D eigenvalue weighted by atomic mass is 9.96. The van der Waals surface area contributed by atoms with E-state index in [1.54, 1.807) is 0 Å². The molecule has 1 N–H and O–H groups in total. The molecule has 1 atom stereocenters. The van der Waals surface area contributed by atoms with Gasteiger partial charge in [-0.15, -0.1) is 0 Å². The van der Waals surface area contributed by atoms with Gasteiger partial charge in [-0.25, -0.2) is 0 Å². The van der Waals surface area contributed by atoms with Gasteiger partial charge in [-0.3, -0.25) is 19.4 Å². The van der Waals surface area contributed by atoms with Gasteiger partial charge in [0, 0.05) is 48.1 Å². The second-order valence-electron chi connectivity index (χ2n) is 8.36. The fourth-order valence-corrected chi connectivity index (χ4v) is 4.73. The van der Waals surface area contributed by atoms with Gasteiger partial charge in [0.05, 0.1) is 17.3 Å². The normalized spacial score (nSPS) is 17.5. The van der Waals surface area contributed by atoms with E-state index >= 15 is 0 Å². The van der Waals surface area contributed by atoms with Crippen LogP contribution in [-0.2, 0) is 17.8 Å². The standard InChI is InChI=1S/C25H23N5O2/c31-23-9-6-16(28-23)15-32-17-7-8-18-19(10-12-27-21(18)14-17)24-22-5-3-13-30(22)29-25(24)20-4-1-2-11-26-20/h1-2,4,7-8,10-12,14,16H,3,5-6,9,13,15H2,(H,28,31)/t16-/m1/s1. The van der Waals surface area contributed by atoms with Crippen LogP contribution in [0.4, 0.5) is 0 Å². The molecular formula is C25H23N5O2. The number of aryl methyl sites for hydroxylation is 1. The molecule has 1 fully saturated rings. The first-order valence-corrected chi connectivity index (χ1v) is 11.1. The molecule has 2 aliphatic rings. The summed E-state index contributed by atoms with van der Waals surface area (Å²) in [6.45, 7) is 1.41. The lowest BCUT2D eigenvalue weighted by molar-refractivity contribution is -0.119. The smallest absolute Gasteiger partial charge is 0.220 e. The van der Waals surface area contributed by atoms with Gasteiger partial charge in [-0.1, -0.05) is 6.07 Å². The number of rotatable bonds is 5. The molecule has 0 bridgehead atoms. The van der Waals surface area contributed by atoms with E-state index in [2.05, 4.69) is 32.1 Å². The monoisotopic (exact) mass is 425 g/mol. The fourth-order valence-electron chi connectivity index (χ4n) is 4.73. The lowest BCUT2D eigenvalue weighted by Gasteiger charge is -2.13. The molecule has 7 heteroatoms. The Morgan fingerprint density at radius 1 is 1.09 bits per heavy atom. The molecule has 6 rings (SSSR count). The van der Waals surface area contributed by atoms with Crippen LogP contribution in [0.15, 0.2) is 54.9 Å². The highest BCUT2D eigenvalue weighted by Gasteiger charge is 2.26. The number of pyridine rings is 2. The van der Waals surface area contributed by atoms with Crippen molar-refractivity contribution in [1.29, 1.82) is 0 Å². The van der Waals surface area contributed by atoms with Gasteiger partial charge in [-0.2, -0.15) is 5.10 Å². The Balaban J connectivity index is 1.39. The fraction of sp³-hybridized carbons (Fsp3) is 0.280. The van der Waals surface area contributed by atoms with Crippen LogP contribution < -0.4 is 10.1 Å². The van der Waals surface area contributed by atoms with Gasteiger partial charge in [0.25, 0.3) is 0 Å². The molecular weight excluding hydrogens is 402 g/mol. The maximum absolute atomic E-state index is 11.4. The van der Waals surface area contributed by atoms with Crippen molar-refractivity contribution in [3.05, 3.63) is 60.6 Å². The average molecular weight is 425 g/mol. The van der Waals surface area contributed by atoms with Gasteiger partial charge in [0.15, 0.2) is 0 Å². The van der Waals surface area contributed by atoms with E-state index < -0.39 is 0 Å². The van der Waals surface area contributed by atoms with Crippen molar-refractivity contribution >= 4 is 16.8 Å². The SMILES string of the molecule is O=C1CC[C@H](COc2ccc3c(-c4c(-c5ccccn5)nn5c4CCC5)ccnc3c2)N1. The van der Waals surface area contributed by atoms with Crippen molar-refractivity contribution in [1.82, 2.24) is 25.1 Å². The van der Waals surface area contributed by atoms with E-state index in [1.807, 2.05) is 42.7 Å². The highest BCUT2D eigenvalue weighted by molar-refractivity contribution is 5.99. The summed E-state index contributed by atoms with van der Waals surface area (Å²) in [5.74, 6) is 0.856. The zero-order chi connectivity index (χ0) is 21.5. The highest BCUT2D eigenvalue weighted by atomic mass is 16.5. The first-order valence-electron chi connectivity index (χ1n) is 11.1. The number of amides is 1. The van der Waals surface area contributed by atoms with Crippen molar-refractivity contribution in [3.8, 4) is 28.3 Å². The lowest BCUT2D eigenvalue weighted by Crippen LogP contribution is -2.30. The Morgan fingerprint density at radius 3 is 2.91 bits per heavy atom. The Bertz CT molecular complexity index is 1310. The van der Waals surface area contributed by atoms with Crippen LogP contribution in [0.5, 0.6) is 5.75 Å². The molecule has 160 valence electrons. The van der Waals surface area contributed by atoms with Crippen LogP contribution in [0, 0.1) is 0 Å². The van der Waals surface area contributed by atoms with E-state index in [0.29, 0.717) is 13.0 Å². The quantitative estimate of drug-likeness (QED) is 0.526. The second-order valence-corrected chi connectivity index (χ2v) is 8.36. The largest absolute Gasteiger partial charge is 0.491 e. The average Bonchev–Trinajstić information content (AvgIpc) is 3.54. The van der Waals surface area contributed by atoms with Gasteiger partial charge in [-0.05, 0) is 55.2 Å². The zero-order valence-corrected chi connectivity index (χ0v) is 17.6. The molecule has 0 saturated carbocycles. The number of ether oxygens (including phenoxy) is 1. The van der Waals surface area contributed by atoms with E-state index in [0.717, 1.165) is 65.0 Å². The molecule has 5 heterocycles. The molecule has 0 spiro atoms. The summed E-state index contributed by atoms with van der Waals surface area (Å²) >= 11 is 0. The van der Waals surface area contributed by atoms with Gasteiger partial charge in [0.1, 0.15) is 18.1 Å². The first kappa shape index (κ1) is 19.0. The van der Waals surface area contributed by atoms with E-state index in [1.165, 1.54) is 5.69 Å². The minimum Gasteiger partial charge on any atom is -0.491 e. The number of benzene rings is 1. The van der Waals surface area contributed by atoms with Crippen LogP contribution in [0.3, 0.4) is 0 Å². The summed E-state index contributed by atoms with van der Waals surface area (Å²) in [5, 5.41) is 8.92. The third kappa shape index (κ3) is 3.30. The molecule has 0 unspecified atom stereocenters. The van der Waals surface area contributed by atoms with Crippen molar-refractivity contribution in [2.24, 2.45) is 0 Å². The van der Waals surface area contributed by atoms with E-state index in [9.17, 15) is 4.79 Å². The summed E-state index contributed by atoms with van der Waals surface area (Å²) < 4.78 is 8.09. The van der Waals surface area contributed by atoms with Crippen LogP contribution in [-0.4, -0.2) is 38.3 Å². The van der Waals surface area contributed by atoms with Crippen LogP contribution >= 0.6 is 0 Å². The summed E-state index contributed by atoms with van der Waals surface area (Å²) in [5.41, 5.74) is 6.21. The van der Waals surface area contributed by atoms with E-state index in [4.69, 9.17) is 9.84 Å². The van der Waals surface area contributed by atoms with Crippen molar-refractivity contribution < 1.29 is 9.53 Å². The Hall–Kier alpha value is -3.74. The number of aromatic nitrogens is 4. The van der Waals surface area contributed by atoms with Crippen molar-refractivity contribution in [2.75, 3.05) is 6.61 Å². The molecule has 2 aliphatic heterocycles. The molecule has 3 aromatic heterocycles. The molecule has 1 amide bonds. The van der Waals surface area contributed by atoms with Crippen LogP contribution in [0.2, 0.25) is 0 Å². The molecule has 1 saturated heterocycles. The molecule has 0 radical (unpaired) electrons. The molecule has 32 heavy (non-hydrogen) atoms. The zero-order valence-electron chi connectivity index (χ0n) is 17.6. The predicted octanol–water partition coefficient (Wildman–Crippen LogP) is 3.76. The Kier molecular flexibility index (Phi) is 4.60. The summed E-state index contributed by atoms with van der Waals surface area (Å²) in [4.78, 5) is 20.6. The second kappa shape index (κ2) is 7.75. The van der Waals surface area contributed by atoms with Gasteiger partial charge < -0.3 is 10.1 Å². The maximum atomic E-state index is 11.4. The third-order valence-corrected chi connectivity index (χ3v) is 6.27. The minimum absolute atomic E-state index is 0.0772. The minimum atomic E-state index is 0.0772. The number of carbonyl (C=O) groups excluding carboxylic acids is 1. The summed E-state index contributed by atoms with van der Waals surface area (Å²) in [7, 11) is 0. The number of carbonyl (C=O) groups is 1. The maximum Gasteiger partial charge on any atom is 0.220 e. The molecule has 0 aliphatic carbocycles. The van der Waals surface area contributed by atoms with Gasteiger partial charge >= 0.3 is 0 Å². The molecule has 7 nitrogen and oxygen atoms in total. The van der Waals surface area contributed by atoms with Crippen LogP contribution in [0.1, 0.15) is 25.0 Å². The molecule has 4 aromatic rings. The third-order valence-electron chi connectivity index (χ3n) is 6.27. The number of nitrogens with one attached hydrogen (secondary N) is 1. The summed E-state index contributed by atoms with van der Waals surface area (Å²) in [6.07, 6.45) is 7.16. The number of hydrogen-bond acceptors (Lipinski definition) is 5. The highest BCUT2D eigenvalue weighted by Crippen LogP contribution is 2.40. The number of nitrogens with zero attached hydrogens (tertiary/aromatic N) is 4. The van der Waals surface area contributed by atoms with Crippen molar-refractivity contribution in [3.63, 3.8) is 0 Å². The Labute approximate surface area is 185 Å². The number of hydrogen-bond donors (Lipinski definition) is 1. The predicted molar refractivity (Wildman–Crippen MR) is 121 cm³/mol. The topological polar surface area (TPSA) is 81.9 Å². The van der Waals surface area contributed by atoms with Gasteiger partial charge in [0.2, 0.25) is 5.91 Å². The van der Waals surface area contributed by atoms with E-state index in [-0.39, 0.29) is 11.9 Å². The first-order chi connectivity index (χ1) is 15.8. The summed E-state index contributed by atoms with van der Waals surface area (Å²) in [6, 6.07) is 14.1. The Morgan fingerprint density at radius 2 is 2.06 bits per heavy atom. The number of fused-ring (bicyclic) bond motifs is 2.